The number of hydrogen-bond acceptors (Lipinski definition) is 2. The molecule has 1 N–H and O–H groups in total. The molecule has 2 heteroatoms. The highest BCUT2D eigenvalue weighted by Gasteiger charge is 2.03. The molecule has 0 aromatic carbocycles. The number of unbranched alkanes of at least 4 members (excludes halogenated alkanes) is 15. The van der Waals surface area contributed by atoms with Crippen molar-refractivity contribution >= 4 is 0 Å². The Kier molecular flexibility index (Phi) is 20.9. The van der Waals surface area contributed by atoms with Crippen LogP contribution >= 0.6 is 0 Å². The molecule has 0 aliphatic rings. The summed E-state index contributed by atoms with van der Waals surface area (Å²) < 4.78 is 5.27. The maximum atomic E-state index is 9.37. The zero-order chi connectivity index (χ0) is 17.7. The minimum atomic E-state index is 0.221. The average molecular weight is 342 g/mol. The van der Waals surface area contributed by atoms with E-state index in [9.17, 15) is 5.11 Å². The first-order valence-electron chi connectivity index (χ1n) is 11.0. The van der Waals surface area contributed by atoms with Crippen LogP contribution in [0.4, 0.5) is 0 Å². The minimum Gasteiger partial charge on any atom is -0.361 e. The van der Waals surface area contributed by atoms with Gasteiger partial charge in [0.2, 0.25) is 6.29 Å². The smallest absolute Gasteiger partial charge is 0.221 e. The highest BCUT2D eigenvalue weighted by molar-refractivity contribution is 4.59. The first-order chi connectivity index (χ1) is 11.8. The fraction of sp³-hybridized carbons (Fsp3) is 0.955. The molecule has 0 saturated heterocycles. The van der Waals surface area contributed by atoms with Crippen molar-refractivity contribution in [2.45, 2.75) is 129 Å². The molecule has 0 aromatic heterocycles. The molecular formula is C22H45O2. The Bertz CT molecular complexity index is 218. The van der Waals surface area contributed by atoms with Gasteiger partial charge in [0.1, 0.15) is 0 Å². The van der Waals surface area contributed by atoms with Crippen molar-refractivity contribution in [3.63, 3.8) is 0 Å². The van der Waals surface area contributed by atoms with Crippen molar-refractivity contribution < 1.29 is 9.84 Å². The van der Waals surface area contributed by atoms with E-state index in [1.54, 1.807) is 0 Å². The summed E-state index contributed by atoms with van der Waals surface area (Å²) in [6, 6.07) is 0. The molecule has 0 heterocycles. The van der Waals surface area contributed by atoms with Gasteiger partial charge in [-0.3, -0.25) is 0 Å². The van der Waals surface area contributed by atoms with Gasteiger partial charge in [-0.25, -0.2) is 0 Å². The van der Waals surface area contributed by atoms with Gasteiger partial charge in [0.25, 0.3) is 0 Å². The summed E-state index contributed by atoms with van der Waals surface area (Å²) in [5, 5.41) is 9.37. The van der Waals surface area contributed by atoms with E-state index in [1.165, 1.54) is 96.3 Å². The van der Waals surface area contributed by atoms with Crippen molar-refractivity contribution in [2.75, 3.05) is 6.61 Å². The molecule has 2 nitrogen and oxygen atoms in total. The van der Waals surface area contributed by atoms with Crippen LogP contribution in [0.2, 0.25) is 0 Å². The molecule has 145 valence electrons. The summed E-state index contributed by atoms with van der Waals surface area (Å²) in [7, 11) is 0. The normalized spacial score (nSPS) is 11.5. The molecule has 0 unspecified atom stereocenters. The van der Waals surface area contributed by atoms with Crippen LogP contribution in [0.15, 0.2) is 0 Å². The predicted octanol–water partition coefficient (Wildman–Crippen LogP) is 7.93. The van der Waals surface area contributed by atoms with Crippen molar-refractivity contribution in [3.8, 4) is 0 Å². The van der Waals surface area contributed by atoms with E-state index in [0.717, 1.165) is 12.8 Å². The second-order valence-corrected chi connectivity index (χ2v) is 7.30. The lowest BCUT2D eigenvalue weighted by Crippen LogP contribution is -2.03. The van der Waals surface area contributed by atoms with Crippen molar-refractivity contribution in [1.82, 2.24) is 0 Å². The second kappa shape index (κ2) is 21.0. The van der Waals surface area contributed by atoms with Crippen LogP contribution in [-0.4, -0.2) is 11.7 Å². The largest absolute Gasteiger partial charge is 0.361 e. The minimum absolute atomic E-state index is 0.221. The van der Waals surface area contributed by atoms with Gasteiger partial charge >= 0.3 is 0 Å². The number of hydrogen-bond donors (Lipinski definition) is 1. The Hall–Kier alpha value is -0.0800. The third kappa shape index (κ3) is 20.0. The summed E-state index contributed by atoms with van der Waals surface area (Å²) in [4.78, 5) is 0. The van der Waals surface area contributed by atoms with Crippen LogP contribution in [0.25, 0.3) is 0 Å². The monoisotopic (exact) mass is 341 g/mol. The molecule has 0 saturated carbocycles. The Morgan fingerprint density at radius 3 is 1.29 bits per heavy atom. The first-order valence-corrected chi connectivity index (χ1v) is 11.0. The average Bonchev–Trinajstić information content (AvgIpc) is 2.58. The molecule has 0 aliphatic carbocycles. The van der Waals surface area contributed by atoms with Crippen LogP contribution in [-0.2, 0) is 4.74 Å². The number of rotatable bonds is 20. The zero-order valence-corrected chi connectivity index (χ0v) is 16.8. The maximum Gasteiger partial charge on any atom is 0.221 e. The van der Waals surface area contributed by atoms with Gasteiger partial charge in [-0.2, -0.15) is 0 Å². The summed E-state index contributed by atoms with van der Waals surface area (Å²) in [5.41, 5.74) is 0. The van der Waals surface area contributed by atoms with Crippen LogP contribution in [0.5, 0.6) is 0 Å². The van der Waals surface area contributed by atoms with E-state index in [1.807, 2.05) is 6.92 Å². The summed E-state index contributed by atoms with van der Waals surface area (Å²) >= 11 is 0. The molecule has 0 rings (SSSR count). The maximum absolute atomic E-state index is 9.37. The third-order valence-electron chi connectivity index (χ3n) is 4.73. The van der Waals surface area contributed by atoms with Crippen LogP contribution < -0.4 is 0 Å². The highest BCUT2D eigenvalue weighted by atomic mass is 16.6. The van der Waals surface area contributed by atoms with E-state index >= 15 is 0 Å². The summed E-state index contributed by atoms with van der Waals surface area (Å²) in [5.74, 6) is 0. The first kappa shape index (κ1) is 23.9. The van der Waals surface area contributed by atoms with Crippen molar-refractivity contribution in [1.29, 1.82) is 0 Å². The lowest BCUT2D eigenvalue weighted by Gasteiger charge is -2.08. The van der Waals surface area contributed by atoms with Gasteiger partial charge in [0.05, 0.1) is 6.61 Å². The van der Waals surface area contributed by atoms with Gasteiger partial charge in [0, 0.05) is 6.42 Å². The lowest BCUT2D eigenvalue weighted by molar-refractivity contribution is -0.00290. The van der Waals surface area contributed by atoms with Crippen LogP contribution in [0.1, 0.15) is 129 Å². The molecule has 0 bridgehead atoms. The van der Waals surface area contributed by atoms with E-state index in [0.29, 0.717) is 13.0 Å². The van der Waals surface area contributed by atoms with E-state index in [-0.39, 0.29) is 6.29 Å². The van der Waals surface area contributed by atoms with E-state index < -0.39 is 0 Å². The molecule has 0 aliphatic heterocycles. The second-order valence-electron chi connectivity index (χ2n) is 7.30. The topological polar surface area (TPSA) is 29.5 Å². The molecule has 0 atom stereocenters. The molecule has 0 spiro atoms. The quantitative estimate of drug-likeness (QED) is 0.228. The van der Waals surface area contributed by atoms with Gasteiger partial charge in [0.15, 0.2) is 0 Å². The van der Waals surface area contributed by atoms with E-state index in [4.69, 9.17) is 4.74 Å². The Balaban J connectivity index is 3.00. The third-order valence-corrected chi connectivity index (χ3v) is 4.73. The zero-order valence-electron chi connectivity index (χ0n) is 16.8. The Labute approximate surface area is 152 Å². The van der Waals surface area contributed by atoms with Gasteiger partial charge in [-0.05, 0) is 6.42 Å². The highest BCUT2D eigenvalue weighted by Crippen LogP contribution is 2.14. The molecule has 1 radical (unpaired) electrons. The van der Waals surface area contributed by atoms with Crippen LogP contribution in [0.3, 0.4) is 0 Å². The molecular weight excluding hydrogens is 296 g/mol. The predicted molar refractivity (Wildman–Crippen MR) is 106 cm³/mol. The fourth-order valence-electron chi connectivity index (χ4n) is 3.13. The molecule has 0 fully saturated rings. The van der Waals surface area contributed by atoms with Gasteiger partial charge in [-0.15, -0.1) is 0 Å². The standard InChI is InChI=1S/C22H45O2/c1-3-5-6-7-8-9-10-11-12-13-14-15-16-17-18-19-21-24-22(23)20-4-2/h23H,3-21H2,1-2H3. The van der Waals surface area contributed by atoms with Crippen molar-refractivity contribution in [3.05, 3.63) is 6.29 Å². The van der Waals surface area contributed by atoms with E-state index in [2.05, 4.69) is 6.92 Å². The number of aliphatic hydroxyl groups excluding tert-OH is 1. The summed E-state index contributed by atoms with van der Waals surface area (Å²) in [6.45, 7) is 5.02. The van der Waals surface area contributed by atoms with Crippen LogP contribution in [0, 0.1) is 6.29 Å². The number of ether oxygens (including phenoxy) is 1. The lowest BCUT2D eigenvalue weighted by atomic mass is 10.0. The molecule has 0 amide bonds. The number of aliphatic hydroxyl groups is 1. The molecule has 24 heavy (non-hydrogen) atoms. The molecule has 0 aromatic rings. The Morgan fingerprint density at radius 1 is 0.542 bits per heavy atom. The van der Waals surface area contributed by atoms with Gasteiger partial charge in [-0.1, -0.05) is 117 Å². The Morgan fingerprint density at radius 2 is 0.917 bits per heavy atom. The summed E-state index contributed by atoms with van der Waals surface area (Å²) in [6.07, 6.45) is 24.0. The van der Waals surface area contributed by atoms with Gasteiger partial charge < -0.3 is 9.84 Å². The fourth-order valence-corrected chi connectivity index (χ4v) is 3.13. The van der Waals surface area contributed by atoms with Crippen molar-refractivity contribution in [2.24, 2.45) is 0 Å². The SMILES string of the molecule is CCCCCCCCCCCCCCCCCCO[C](O)CCC.